The average Bonchev–Trinajstić information content (AvgIpc) is 3.02. The molecule has 0 unspecified atom stereocenters. The number of fused-ring (bicyclic) bond motifs is 1. The summed E-state index contributed by atoms with van der Waals surface area (Å²) in [4.78, 5) is 30.7. The van der Waals surface area contributed by atoms with E-state index in [1.807, 2.05) is 0 Å². The van der Waals surface area contributed by atoms with E-state index >= 15 is 0 Å². The van der Waals surface area contributed by atoms with Gasteiger partial charge in [-0.15, -0.1) is 0 Å². The van der Waals surface area contributed by atoms with Gasteiger partial charge in [-0.2, -0.15) is 0 Å². The van der Waals surface area contributed by atoms with E-state index in [1.54, 1.807) is 24.0 Å². The molecule has 1 aliphatic heterocycles. The molecule has 0 fully saturated rings. The van der Waals surface area contributed by atoms with Crippen LogP contribution in [0.2, 0.25) is 0 Å². The van der Waals surface area contributed by atoms with Gasteiger partial charge in [0.25, 0.3) is 5.91 Å². The Morgan fingerprint density at radius 1 is 1.38 bits per heavy atom. The molecule has 1 aromatic heterocycles. The number of aromatic nitrogens is 1. The maximum atomic E-state index is 13.5. The molecule has 2 aromatic rings. The number of para-hydroxylation sites is 1. The minimum atomic E-state index is -0.551. The van der Waals surface area contributed by atoms with Gasteiger partial charge in [-0.05, 0) is 19.1 Å². The Labute approximate surface area is 153 Å². The molecule has 138 valence electrons. The van der Waals surface area contributed by atoms with E-state index in [0.29, 0.717) is 24.6 Å². The highest BCUT2D eigenvalue weighted by atomic mass is 32.1. The average molecular weight is 379 g/mol. The third-order valence-electron chi connectivity index (χ3n) is 3.76. The summed E-state index contributed by atoms with van der Waals surface area (Å²) in [6, 6.07) is 5.96. The zero-order valence-corrected chi connectivity index (χ0v) is 15.0. The van der Waals surface area contributed by atoms with Gasteiger partial charge < -0.3 is 14.4 Å². The lowest BCUT2D eigenvalue weighted by molar-refractivity contribution is -0.134. The van der Waals surface area contributed by atoms with Crippen LogP contribution in [0.25, 0.3) is 0 Å². The van der Waals surface area contributed by atoms with E-state index < -0.39 is 11.9 Å². The second-order valence-electron chi connectivity index (χ2n) is 5.52. The van der Waals surface area contributed by atoms with Crippen LogP contribution in [0.1, 0.15) is 17.5 Å². The lowest BCUT2D eigenvalue weighted by Gasteiger charge is -2.26. The predicted molar refractivity (Wildman–Crippen MR) is 93.8 cm³/mol. The highest BCUT2D eigenvalue weighted by Gasteiger charge is 2.25. The molecule has 0 spiro atoms. The first kappa shape index (κ1) is 18.1. The Kier molecular flexibility index (Phi) is 5.67. The van der Waals surface area contributed by atoms with Gasteiger partial charge >= 0.3 is 6.09 Å². The Hall–Kier alpha value is -2.68. The van der Waals surface area contributed by atoms with Crippen LogP contribution in [0, 0.1) is 5.82 Å². The fourth-order valence-corrected chi connectivity index (χ4v) is 3.52. The largest absolute Gasteiger partial charge is 0.481 e. The van der Waals surface area contributed by atoms with Crippen LogP contribution >= 0.6 is 11.3 Å². The molecule has 2 amide bonds. The first-order valence-corrected chi connectivity index (χ1v) is 8.96. The van der Waals surface area contributed by atoms with Gasteiger partial charge in [0.1, 0.15) is 0 Å². The second kappa shape index (κ2) is 8.13. The summed E-state index contributed by atoms with van der Waals surface area (Å²) < 4.78 is 23.6. The minimum Gasteiger partial charge on any atom is -0.481 e. The van der Waals surface area contributed by atoms with E-state index in [2.05, 4.69) is 10.3 Å². The second-order valence-corrected chi connectivity index (χ2v) is 6.60. The molecule has 1 aromatic carbocycles. The molecule has 1 aliphatic rings. The number of benzene rings is 1. The highest BCUT2D eigenvalue weighted by Crippen LogP contribution is 2.28. The van der Waals surface area contributed by atoms with Crippen LogP contribution in [0.4, 0.5) is 14.3 Å². The predicted octanol–water partition coefficient (Wildman–Crippen LogP) is 2.81. The lowest BCUT2D eigenvalue weighted by Crippen LogP contribution is -2.38. The summed E-state index contributed by atoms with van der Waals surface area (Å²) in [5.74, 6) is -0.678. The topological polar surface area (TPSA) is 80.8 Å². The van der Waals surface area contributed by atoms with Crippen LogP contribution in [0.15, 0.2) is 24.3 Å². The summed E-state index contributed by atoms with van der Waals surface area (Å²) in [6.45, 7) is 2.65. The summed E-state index contributed by atoms with van der Waals surface area (Å²) in [7, 11) is 0. The normalized spacial score (nSPS) is 13.1. The Balaban J connectivity index is 1.57. The number of halogens is 1. The lowest BCUT2D eigenvalue weighted by atomic mass is 10.2. The van der Waals surface area contributed by atoms with E-state index in [-0.39, 0.29) is 24.9 Å². The molecule has 2 heterocycles. The Morgan fingerprint density at radius 2 is 2.19 bits per heavy atom. The molecule has 9 heteroatoms. The van der Waals surface area contributed by atoms with Gasteiger partial charge in [-0.1, -0.05) is 23.5 Å². The molecule has 1 N–H and O–H groups in total. The van der Waals surface area contributed by atoms with E-state index in [0.717, 1.165) is 10.6 Å². The number of carbonyl (C=O) groups is 2. The van der Waals surface area contributed by atoms with Crippen molar-refractivity contribution < 1.29 is 23.5 Å². The highest BCUT2D eigenvalue weighted by molar-refractivity contribution is 7.15. The standard InChI is InChI=1S/C17H18FN3O4S/c1-2-24-17(23)20-16-19-12-7-8-21(9-14(12)26-16)15(22)10-25-13-6-4-3-5-11(13)18/h3-6H,2,7-10H2,1H3,(H,19,20,23). The summed E-state index contributed by atoms with van der Waals surface area (Å²) in [6.07, 6.45) is 0.0340. The Bertz CT molecular complexity index is 811. The molecule has 0 aliphatic carbocycles. The summed E-state index contributed by atoms with van der Waals surface area (Å²) >= 11 is 1.31. The number of anilines is 1. The number of nitrogens with zero attached hydrogens (tertiary/aromatic N) is 2. The first-order valence-electron chi connectivity index (χ1n) is 8.14. The van der Waals surface area contributed by atoms with Crippen LogP contribution in [-0.2, 0) is 22.5 Å². The molecule has 0 saturated heterocycles. The maximum absolute atomic E-state index is 13.5. The van der Waals surface area contributed by atoms with Crippen molar-refractivity contribution in [3.8, 4) is 5.75 Å². The maximum Gasteiger partial charge on any atom is 0.413 e. The van der Waals surface area contributed by atoms with Crippen LogP contribution in [0.3, 0.4) is 0 Å². The van der Waals surface area contributed by atoms with Crippen molar-refractivity contribution in [2.24, 2.45) is 0 Å². The van der Waals surface area contributed by atoms with Crippen molar-refractivity contribution in [3.05, 3.63) is 40.7 Å². The van der Waals surface area contributed by atoms with Gasteiger partial charge in [0.05, 0.1) is 18.8 Å². The summed E-state index contributed by atoms with van der Waals surface area (Å²) in [5, 5.41) is 3.02. The van der Waals surface area contributed by atoms with Gasteiger partial charge in [0.15, 0.2) is 23.3 Å². The molecule has 26 heavy (non-hydrogen) atoms. The fraction of sp³-hybridized carbons (Fsp3) is 0.353. The van der Waals surface area contributed by atoms with Crippen molar-refractivity contribution in [2.75, 3.05) is 25.1 Å². The number of thiazole rings is 1. The molecule has 0 radical (unpaired) electrons. The zero-order valence-electron chi connectivity index (χ0n) is 14.2. The number of ether oxygens (including phenoxy) is 2. The van der Waals surface area contributed by atoms with E-state index in [9.17, 15) is 14.0 Å². The van der Waals surface area contributed by atoms with Crippen LogP contribution in [-0.4, -0.2) is 41.6 Å². The van der Waals surface area contributed by atoms with E-state index in [4.69, 9.17) is 9.47 Å². The monoisotopic (exact) mass is 379 g/mol. The van der Waals surface area contributed by atoms with Gasteiger partial charge in [-0.3, -0.25) is 10.1 Å². The number of nitrogens with one attached hydrogen (secondary N) is 1. The Morgan fingerprint density at radius 3 is 2.96 bits per heavy atom. The van der Waals surface area contributed by atoms with Crippen molar-refractivity contribution in [2.45, 2.75) is 19.9 Å². The number of carbonyl (C=O) groups excluding carboxylic acids is 2. The van der Waals surface area contributed by atoms with Crippen molar-refractivity contribution in [3.63, 3.8) is 0 Å². The fourth-order valence-electron chi connectivity index (χ4n) is 2.51. The van der Waals surface area contributed by atoms with Gasteiger partial charge in [-0.25, -0.2) is 14.2 Å². The van der Waals surface area contributed by atoms with E-state index in [1.165, 1.54) is 23.5 Å². The smallest absolute Gasteiger partial charge is 0.413 e. The zero-order chi connectivity index (χ0) is 18.5. The SMILES string of the molecule is CCOC(=O)Nc1nc2c(s1)CN(C(=O)COc1ccccc1F)CC2. The van der Waals surface area contributed by atoms with Crippen LogP contribution in [0.5, 0.6) is 5.75 Å². The number of amides is 2. The van der Waals surface area contributed by atoms with Crippen LogP contribution < -0.4 is 10.1 Å². The molecule has 0 saturated carbocycles. The molecular weight excluding hydrogens is 361 g/mol. The van der Waals surface area contributed by atoms with Crippen molar-refractivity contribution >= 4 is 28.5 Å². The number of hydrogen-bond donors (Lipinski definition) is 1. The third-order valence-corrected chi connectivity index (χ3v) is 4.75. The third kappa shape index (κ3) is 4.29. The quantitative estimate of drug-likeness (QED) is 0.864. The van der Waals surface area contributed by atoms with Crippen molar-refractivity contribution in [1.82, 2.24) is 9.88 Å². The first-order chi connectivity index (χ1) is 12.6. The number of rotatable bonds is 5. The van der Waals surface area contributed by atoms with Crippen molar-refractivity contribution in [1.29, 1.82) is 0 Å². The minimum absolute atomic E-state index is 0.0530. The molecule has 0 atom stereocenters. The van der Waals surface area contributed by atoms with Gasteiger partial charge in [0, 0.05) is 17.8 Å². The molecule has 7 nitrogen and oxygen atoms in total. The molecule has 3 rings (SSSR count). The molecule has 0 bridgehead atoms. The van der Waals surface area contributed by atoms with Gasteiger partial charge in [0.2, 0.25) is 0 Å². The number of hydrogen-bond acceptors (Lipinski definition) is 6. The summed E-state index contributed by atoms with van der Waals surface area (Å²) in [5.41, 5.74) is 0.862. The molecular formula is C17H18FN3O4S.